The van der Waals surface area contributed by atoms with Crippen LogP contribution in [0.4, 0.5) is 5.69 Å². The molecule has 0 unspecified atom stereocenters. The molecule has 0 saturated carbocycles. The Morgan fingerprint density at radius 1 is 0.966 bits per heavy atom. The number of nitriles is 2. The van der Waals surface area contributed by atoms with Gasteiger partial charge < -0.3 is 9.88 Å². The van der Waals surface area contributed by atoms with Gasteiger partial charge in [0.2, 0.25) is 0 Å². The zero-order chi connectivity index (χ0) is 20.2. The molecule has 1 N–H and O–H groups in total. The molecule has 1 aliphatic heterocycles. The van der Waals surface area contributed by atoms with E-state index in [0.29, 0.717) is 5.56 Å². The molecule has 5 heteroatoms. The van der Waals surface area contributed by atoms with Gasteiger partial charge in [-0.3, -0.25) is 4.90 Å². The standard InChI is InChI=1S/C24H25N5/c1-18-13-22(6-5-20(18)15-25)29-11-9-28(10-12-29)8-2-3-19-4-7-23-21(16-26)17-27-24(23)14-19/h4-7,13-14,17,27H,2-3,8-12H2,1H3. The molecule has 0 amide bonds. The molecular formula is C24H25N5. The number of nitrogens with one attached hydrogen (secondary N) is 1. The number of benzene rings is 2. The highest BCUT2D eigenvalue weighted by Crippen LogP contribution is 2.22. The number of hydrogen-bond acceptors (Lipinski definition) is 4. The van der Waals surface area contributed by atoms with Crippen LogP contribution in [-0.4, -0.2) is 42.6 Å². The number of piperazine rings is 1. The number of rotatable bonds is 5. The fourth-order valence-corrected chi connectivity index (χ4v) is 4.13. The summed E-state index contributed by atoms with van der Waals surface area (Å²) in [6, 6.07) is 16.9. The van der Waals surface area contributed by atoms with E-state index in [-0.39, 0.29) is 0 Å². The van der Waals surface area contributed by atoms with Crippen LogP contribution in [0.5, 0.6) is 0 Å². The van der Waals surface area contributed by atoms with Crippen molar-refractivity contribution in [2.75, 3.05) is 37.6 Å². The van der Waals surface area contributed by atoms with Crippen LogP contribution < -0.4 is 4.90 Å². The molecule has 1 fully saturated rings. The van der Waals surface area contributed by atoms with Gasteiger partial charge in [-0.25, -0.2) is 0 Å². The lowest BCUT2D eigenvalue weighted by molar-refractivity contribution is 0.255. The molecule has 3 aromatic rings. The summed E-state index contributed by atoms with van der Waals surface area (Å²) in [5.74, 6) is 0. The third-order valence-electron chi connectivity index (χ3n) is 5.87. The van der Waals surface area contributed by atoms with Crippen LogP contribution in [-0.2, 0) is 6.42 Å². The molecule has 0 spiro atoms. The minimum absolute atomic E-state index is 0.710. The van der Waals surface area contributed by atoms with Crippen molar-refractivity contribution < 1.29 is 0 Å². The quantitative estimate of drug-likeness (QED) is 0.724. The third-order valence-corrected chi connectivity index (χ3v) is 5.87. The van der Waals surface area contributed by atoms with Gasteiger partial charge in [0.1, 0.15) is 6.07 Å². The summed E-state index contributed by atoms with van der Waals surface area (Å²) in [6.45, 7) is 7.30. The first-order valence-electron chi connectivity index (χ1n) is 10.2. The van der Waals surface area contributed by atoms with Gasteiger partial charge >= 0.3 is 0 Å². The number of hydrogen-bond donors (Lipinski definition) is 1. The monoisotopic (exact) mass is 383 g/mol. The van der Waals surface area contributed by atoms with E-state index in [1.165, 1.54) is 11.3 Å². The number of anilines is 1. The summed E-state index contributed by atoms with van der Waals surface area (Å²) >= 11 is 0. The van der Waals surface area contributed by atoms with E-state index in [0.717, 1.165) is 67.6 Å². The summed E-state index contributed by atoms with van der Waals surface area (Å²) in [7, 11) is 0. The molecule has 2 aromatic carbocycles. The predicted octanol–water partition coefficient (Wildman–Crippen LogP) is 3.97. The van der Waals surface area contributed by atoms with Gasteiger partial charge in [-0.15, -0.1) is 0 Å². The molecule has 0 atom stereocenters. The number of H-pyrrole nitrogens is 1. The molecule has 2 heterocycles. The number of aryl methyl sites for hydroxylation is 2. The van der Waals surface area contributed by atoms with Crippen LogP contribution in [0.1, 0.15) is 28.7 Å². The van der Waals surface area contributed by atoms with E-state index in [9.17, 15) is 0 Å². The maximum absolute atomic E-state index is 9.12. The van der Waals surface area contributed by atoms with Gasteiger partial charge in [-0.2, -0.15) is 10.5 Å². The van der Waals surface area contributed by atoms with Gasteiger partial charge in [0.05, 0.1) is 17.2 Å². The van der Waals surface area contributed by atoms with E-state index in [1.807, 2.05) is 13.0 Å². The largest absolute Gasteiger partial charge is 0.369 e. The molecule has 1 aliphatic rings. The number of nitrogens with zero attached hydrogens (tertiary/aromatic N) is 4. The second-order valence-electron chi connectivity index (χ2n) is 7.74. The van der Waals surface area contributed by atoms with Gasteiger partial charge in [0.15, 0.2) is 0 Å². The van der Waals surface area contributed by atoms with E-state index < -0.39 is 0 Å². The van der Waals surface area contributed by atoms with Crippen LogP contribution in [0.2, 0.25) is 0 Å². The Hall–Kier alpha value is -3.28. The fraction of sp³-hybridized carbons (Fsp3) is 0.333. The zero-order valence-corrected chi connectivity index (χ0v) is 16.8. The maximum Gasteiger partial charge on any atom is 0.101 e. The van der Waals surface area contributed by atoms with Crippen LogP contribution >= 0.6 is 0 Å². The number of aromatic nitrogens is 1. The Bertz CT molecular complexity index is 1090. The van der Waals surface area contributed by atoms with Crippen LogP contribution in [0.25, 0.3) is 10.9 Å². The van der Waals surface area contributed by atoms with Crippen LogP contribution in [0.3, 0.4) is 0 Å². The lowest BCUT2D eigenvalue weighted by Crippen LogP contribution is -2.46. The van der Waals surface area contributed by atoms with E-state index >= 15 is 0 Å². The van der Waals surface area contributed by atoms with E-state index in [2.05, 4.69) is 57.3 Å². The molecule has 29 heavy (non-hydrogen) atoms. The highest BCUT2D eigenvalue weighted by atomic mass is 15.3. The van der Waals surface area contributed by atoms with E-state index in [1.54, 1.807) is 6.20 Å². The summed E-state index contributed by atoms with van der Waals surface area (Å²) in [4.78, 5) is 8.14. The molecule has 1 aromatic heterocycles. The molecule has 0 radical (unpaired) electrons. The molecule has 146 valence electrons. The van der Waals surface area contributed by atoms with Crippen LogP contribution in [0, 0.1) is 29.6 Å². The topological polar surface area (TPSA) is 69.8 Å². The highest BCUT2D eigenvalue weighted by molar-refractivity contribution is 5.86. The smallest absolute Gasteiger partial charge is 0.101 e. The lowest BCUT2D eigenvalue weighted by atomic mass is 10.1. The van der Waals surface area contributed by atoms with Crippen LogP contribution in [0.15, 0.2) is 42.6 Å². The van der Waals surface area contributed by atoms with Gasteiger partial charge in [0.25, 0.3) is 0 Å². The van der Waals surface area contributed by atoms with Crippen molar-refractivity contribution in [2.24, 2.45) is 0 Å². The van der Waals surface area contributed by atoms with Gasteiger partial charge in [-0.1, -0.05) is 12.1 Å². The molecule has 0 aliphatic carbocycles. The first-order chi connectivity index (χ1) is 14.2. The average Bonchev–Trinajstić information content (AvgIpc) is 3.16. The maximum atomic E-state index is 9.12. The van der Waals surface area contributed by atoms with Crippen molar-refractivity contribution in [3.63, 3.8) is 0 Å². The molecule has 4 rings (SSSR count). The Morgan fingerprint density at radius 3 is 2.48 bits per heavy atom. The zero-order valence-electron chi connectivity index (χ0n) is 16.8. The predicted molar refractivity (Wildman–Crippen MR) is 116 cm³/mol. The minimum atomic E-state index is 0.710. The molecular weight excluding hydrogens is 358 g/mol. The Kier molecular flexibility index (Phi) is 5.51. The average molecular weight is 383 g/mol. The summed E-state index contributed by atoms with van der Waals surface area (Å²) in [5.41, 5.74) is 6.10. The van der Waals surface area contributed by atoms with Crippen molar-refractivity contribution in [2.45, 2.75) is 19.8 Å². The fourth-order valence-electron chi connectivity index (χ4n) is 4.13. The first kappa shape index (κ1) is 19.1. The summed E-state index contributed by atoms with van der Waals surface area (Å²) < 4.78 is 0. The normalized spacial score (nSPS) is 14.7. The first-order valence-corrected chi connectivity index (χ1v) is 10.2. The van der Waals surface area contributed by atoms with Crippen molar-refractivity contribution in [3.05, 3.63) is 64.8 Å². The third kappa shape index (κ3) is 4.11. The van der Waals surface area contributed by atoms with Crippen molar-refractivity contribution in [3.8, 4) is 12.1 Å². The van der Waals surface area contributed by atoms with Crippen molar-refractivity contribution in [1.29, 1.82) is 10.5 Å². The number of fused-ring (bicyclic) bond motifs is 1. The lowest BCUT2D eigenvalue weighted by Gasteiger charge is -2.36. The minimum Gasteiger partial charge on any atom is -0.369 e. The van der Waals surface area contributed by atoms with E-state index in [4.69, 9.17) is 10.5 Å². The van der Waals surface area contributed by atoms with Crippen molar-refractivity contribution >= 4 is 16.6 Å². The van der Waals surface area contributed by atoms with Gasteiger partial charge in [0, 0.05) is 49.0 Å². The Labute approximate surface area is 171 Å². The SMILES string of the molecule is Cc1cc(N2CCN(CCCc3ccc4c(C#N)c[nH]c4c3)CC2)ccc1C#N. The summed E-state index contributed by atoms with van der Waals surface area (Å²) in [6.07, 6.45) is 3.96. The van der Waals surface area contributed by atoms with Crippen molar-refractivity contribution in [1.82, 2.24) is 9.88 Å². The summed E-state index contributed by atoms with van der Waals surface area (Å²) in [5, 5.41) is 19.2. The Balaban J connectivity index is 1.27. The molecule has 0 bridgehead atoms. The second kappa shape index (κ2) is 8.39. The van der Waals surface area contributed by atoms with Gasteiger partial charge in [-0.05, 0) is 61.7 Å². The molecule has 5 nitrogen and oxygen atoms in total. The second-order valence-corrected chi connectivity index (χ2v) is 7.74. The Morgan fingerprint density at radius 2 is 1.76 bits per heavy atom. The highest BCUT2D eigenvalue weighted by Gasteiger charge is 2.17. The number of aromatic amines is 1. The molecule has 1 saturated heterocycles.